The lowest BCUT2D eigenvalue weighted by atomic mass is 10.0. The molecule has 0 radical (unpaired) electrons. The van der Waals surface area contributed by atoms with Crippen LogP contribution in [-0.4, -0.2) is 0 Å². The smallest absolute Gasteiger partial charge is 0.0152 e. The number of hydrogen-bond acceptors (Lipinski definition) is 0. The quantitative estimate of drug-likeness (QED) is 0.154. The van der Waals surface area contributed by atoms with Gasteiger partial charge in [-0.15, -0.1) is 0 Å². The summed E-state index contributed by atoms with van der Waals surface area (Å²) >= 11 is 0. The first-order chi connectivity index (χ1) is 37.4. The van der Waals surface area contributed by atoms with Crippen molar-refractivity contribution < 1.29 is 0 Å². The van der Waals surface area contributed by atoms with Gasteiger partial charge in [-0.3, -0.25) is 0 Å². The van der Waals surface area contributed by atoms with E-state index in [2.05, 4.69) is 340 Å². The monoisotopic (exact) mass is 1020 g/mol. The van der Waals surface area contributed by atoms with E-state index in [1.807, 2.05) is 0 Å². The van der Waals surface area contributed by atoms with Crippen molar-refractivity contribution in [2.75, 3.05) is 0 Å². The Morgan fingerprint density at radius 2 is 0.449 bits per heavy atom. The van der Waals surface area contributed by atoms with Crippen LogP contribution in [0.4, 0.5) is 0 Å². The molecule has 0 saturated heterocycles. The Bertz CT molecular complexity index is 3580. The fourth-order valence-electron chi connectivity index (χ4n) is 9.07. The molecule has 0 N–H and O–H groups in total. The molecule has 0 saturated carbocycles. The Morgan fingerprint density at radius 1 is 0.154 bits per heavy atom. The molecule has 12 rings (SSSR count). The molecule has 0 aliphatic rings. The van der Waals surface area contributed by atoms with E-state index in [0.29, 0.717) is 0 Å². The Kier molecular flexibility index (Phi) is 22.1. The van der Waals surface area contributed by atoms with Gasteiger partial charge in [0, 0.05) is 0 Å². The van der Waals surface area contributed by atoms with Gasteiger partial charge in [0.15, 0.2) is 0 Å². The van der Waals surface area contributed by atoms with Crippen LogP contribution in [0, 0.1) is 96.9 Å². The van der Waals surface area contributed by atoms with Gasteiger partial charge in [0.2, 0.25) is 0 Å². The molecule has 0 spiro atoms. The first-order valence-corrected chi connectivity index (χ1v) is 27.5. The van der Waals surface area contributed by atoms with Crippen LogP contribution in [0.5, 0.6) is 0 Å². The SMILES string of the molecule is Cc1ccc(-c2ccc(C)cc2)cc1.Cc1ccc(C)c2ccccc12.Cc1ccc(C)cc1.Cc1ccc2c(C)cccc2c1.Cc1ccc2cc(C)ccc2c1.Cc1ccc2ccc(C)cc2c1.Cc1cccc(C)c1. The molecule has 394 valence electrons. The molecule has 0 fully saturated rings. The minimum Gasteiger partial charge on any atom is -0.0617 e. The summed E-state index contributed by atoms with van der Waals surface area (Å²) in [5.41, 5.74) is 21.2. The summed E-state index contributed by atoms with van der Waals surface area (Å²) in [6.45, 7) is 29.7. The van der Waals surface area contributed by atoms with Gasteiger partial charge in [-0.2, -0.15) is 0 Å². The van der Waals surface area contributed by atoms with Gasteiger partial charge in [0.25, 0.3) is 0 Å². The predicted molar refractivity (Wildman–Crippen MR) is 347 cm³/mol. The Balaban J connectivity index is 0.000000148. The third kappa shape index (κ3) is 18.8. The zero-order valence-electron chi connectivity index (χ0n) is 49.1. The van der Waals surface area contributed by atoms with Crippen LogP contribution in [0.2, 0.25) is 0 Å². The zero-order valence-corrected chi connectivity index (χ0v) is 49.1. The number of fused-ring (bicyclic) bond motifs is 4. The van der Waals surface area contributed by atoms with Crippen molar-refractivity contribution in [3.05, 3.63) is 321 Å². The second-order valence-electron chi connectivity index (χ2n) is 21.3. The molecule has 12 aromatic rings. The van der Waals surface area contributed by atoms with E-state index in [1.54, 1.807) is 0 Å². The predicted octanol–water partition coefficient (Wildman–Crippen LogP) is 22.4. The fraction of sp³-hybridized carbons (Fsp3) is 0.179. The molecule has 0 heteroatoms. The first-order valence-electron chi connectivity index (χ1n) is 27.5. The molecule has 0 amide bonds. The van der Waals surface area contributed by atoms with E-state index in [4.69, 9.17) is 0 Å². The summed E-state index contributed by atoms with van der Waals surface area (Å²) in [4.78, 5) is 0. The number of aryl methyl sites for hydroxylation is 14. The highest BCUT2D eigenvalue weighted by Gasteiger charge is 2.00. The lowest BCUT2D eigenvalue weighted by Crippen LogP contribution is -1.80. The van der Waals surface area contributed by atoms with Crippen molar-refractivity contribution in [2.24, 2.45) is 0 Å². The van der Waals surface area contributed by atoms with Crippen LogP contribution in [0.1, 0.15) is 77.9 Å². The minimum atomic E-state index is 1.29. The molecule has 12 aromatic carbocycles. The summed E-state index contributed by atoms with van der Waals surface area (Å²) in [6, 6.07) is 86.3. The highest BCUT2D eigenvalue weighted by Crippen LogP contribution is 2.23. The van der Waals surface area contributed by atoms with Crippen molar-refractivity contribution in [1.29, 1.82) is 0 Å². The minimum absolute atomic E-state index is 1.29. The molecule has 0 heterocycles. The second-order valence-corrected chi connectivity index (χ2v) is 21.3. The summed E-state index contributed by atoms with van der Waals surface area (Å²) < 4.78 is 0. The Hall–Kier alpha value is -8.32. The summed E-state index contributed by atoms with van der Waals surface area (Å²) in [7, 11) is 0. The highest BCUT2D eigenvalue weighted by atomic mass is 14.0. The maximum atomic E-state index is 2.22. The van der Waals surface area contributed by atoms with Crippen molar-refractivity contribution in [2.45, 2.75) is 96.9 Å². The normalized spacial score (nSPS) is 10.2. The molecule has 0 aliphatic carbocycles. The third-order valence-electron chi connectivity index (χ3n) is 13.7. The number of hydrogen-bond donors (Lipinski definition) is 0. The van der Waals surface area contributed by atoms with Gasteiger partial charge in [0.05, 0.1) is 0 Å². The number of benzene rings is 12. The van der Waals surface area contributed by atoms with Crippen molar-refractivity contribution in [1.82, 2.24) is 0 Å². The van der Waals surface area contributed by atoms with Crippen LogP contribution < -0.4 is 0 Å². The average molecular weight is 1020 g/mol. The molecule has 0 aliphatic heterocycles. The van der Waals surface area contributed by atoms with Crippen molar-refractivity contribution in [3.8, 4) is 11.1 Å². The average Bonchev–Trinajstić information content (AvgIpc) is 3.43. The van der Waals surface area contributed by atoms with E-state index in [1.165, 1.54) is 132 Å². The van der Waals surface area contributed by atoms with Gasteiger partial charge < -0.3 is 0 Å². The van der Waals surface area contributed by atoms with Crippen LogP contribution in [0.3, 0.4) is 0 Å². The van der Waals surface area contributed by atoms with Gasteiger partial charge in [0.1, 0.15) is 0 Å². The van der Waals surface area contributed by atoms with Crippen LogP contribution in [0.15, 0.2) is 243 Å². The molecule has 0 atom stereocenters. The lowest BCUT2D eigenvalue weighted by Gasteiger charge is -2.03. The zero-order chi connectivity index (χ0) is 56.1. The van der Waals surface area contributed by atoms with E-state index < -0.39 is 0 Å². The summed E-state index contributed by atoms with van der Waals surface area (Å²) in [6.07, 6.45) is 0. The Labute approximate surface area is 469 Å². The Morgan fingerprint density at radius 3 is 0.833 bits per heavy atom. The fourth-order valence-corrected chi connectivity index (χ4v) is 9.07. The van der Waals surface area contributed by atoms with Gasteiger partial charge in [-0.1, -0.05) is 304 Å². The molecular formula is C78H82. The molecular weight excluding hydrogens is 937 g/mol. The van der Waals surface area contributed by atoms with E-state index >= 15 is 0 Å². The molecule has 0 aromatic heterocycles. The maximum absolute atomic E-state index is 2.22. The molecule has 78 heavy (non-hydrogen) atoms. The topological polar surface area (TPSA) is 0 Å². The third-order valence-corrected chi connectivity index (χ3v) is 13.7. The van der Waals surface area contributed by atoms with E-state index in [9.17, 15) is 0 Å². The van der Waals surface area contributed by atoms with Crippen LogP contribution in [-0.2, 0) is 0 Å². The lowest BCUT2D eigenvalue weighted by molar-refractivity contribution is 1.39. The highest BCUT2D eigenvalue weighted by molar-refractivity contribution is 5.89. The van der Waals surface area contributed by atoms with Crippen LogP contribution in [0.25, 0.3) is 54.2 Å². The van der Waals surface area contributed by atoms with Gasteiger partial charge in [-0.25, -0.2) is 0 Å². The van der Waals surface area contributed by atoms with Crippen molar-refractivity contribution in [3.63, 3.8) is 0 Å². The molecule has 0 nitrogen and oxygen atoms in total. The second kappa shape index (κ2) is 29.3. The number of rotatable bonds is 1. The summed E-state index contributed by atoms with van der Waals surface area (Å²) in [5.74, 6) is 0. The first kappa shape index (κ1) is 58.9. The maximum Gasteiger partial charge on any atom is -0.0152 e. The summed E-state index contributed by atoms with van der Waals surface area (Å²) in [5, 5.41) is 10.8. The van der Waals surface area contributed by atoms with Gasteiger partial charge >= 0.3 is 0 Å². The standard InChI is InChI=1S/C14H14.4C12H12.2C8H10/c1-11-3-7-13(8-4-11)14-9-5-12(2)6-10-14;1-9-3-5-12-8-10(2)4-6-11(12)7-9;1-9-3-5-11-6-4-10(2)8-12(11)7-9;1-9-6-7-12-10(2)4-3-5-11(12)8-9;1-9-7-8-10(2)12-6-4-3-5-11(9)12;1-7-3-5-8(2)6-4-7;1-7-4-3-5-8(2)6-7/h3-10H,1-2H3;4*3-8H,1-2H3;2*3-6H,1-2H3. The van der Waals surface area contributed by atoms with Crippen LogP contribution >= 0.6 is 0 Å². The van der Waals surface area contributed by atoms with E-state index in [0.717, 1.165) is 0 Å². The van der Waals surface area contributed by atoms with Gasteiger partial charge in [-0.05, 0) is 168 Å². The molecule has 0 unspecified atom stereocenters. The largest absolute Gasteiger partial charge is 0.0617 e. The van der Waals surface area contributed by atoms with Crippen molar-refractivity contribution >= 4 is 43.1 Å². The van der Waals surface area contributed by atoms with E-state index in [-0.39, 0.29) is 0 Å². The molecule has 0 bridgehead atoms.